The van der Waals surface area contributed by atoms with Gasteiger partial charge in [-0.25, -0.2) is 15.0 Å². The van der Waals surface area contributed by atoms with Crippen LogP contribution >= 0.6 is 0 Å². The van der Waals surface area contributed by atoms with Crippen LogP contribution in [0.2, 0.25) is 0 Å². The Morgan fingerprint density at radius 3 is 1.45 bits per heavy atom. The molecule has 0 spiro atoms. The third kappa shape index (κ3) is 5.81. The Morgan fingerprint density at radius 2 is 0.803 bits per heavy atom. The topological polar surface area (TPSA) is 66.6 Å². The molecule has 15 aromatic rings. The zero-order chi connectivity index (χ0) is 46.7. The van der Waals surface area contributed by atoms with Gasteiger partial charge in [0, 0.05) is 60.2 Å². The molecule has 5 aromatic heterocycles. The molecule has 10 aromatic carbocycles. The lowest BCUT2D eigenvalue weighted by Gasteiger charge is -2.15. The van der Waals surface area contributed by atoms with Crippen LogP contribution in [-0.2, 0) is 0 Å². The summed E-state index contributed by atoms with van der Waals surface area (Å²) in [6.07, 6.45) is 0. The number of aromatic nitrogens is 6. The molecule has 7 heteroatoms. The Morgan fingerprint density at radius 1 is 0.338 bits per heavy atom. The first-order chi connectivity index (χ1) is 35.2. The van der Waals surface area contributed by atoms with Gasteiger partial charge in [0.05, 0.1) is 49.7 Å². The summed E-state index contributed by atoms with van der Waals surface area (Å²) in [5, 5.41) is 9.20. The van der Waals surface area contributed by atoms with Crippen molar-refractivity contribution in [1.82, 2.24) is 28.7 Å². The van der Waals surface area contributed by atoms with Crippen molar-refractivity contribution in [3.05, 3.63) is 230 Å². The fourth-order valence-corrected chi connectivity index (χ4v) is 11.4. The third-order valence-electron chi connectivity index (χ3n) is 14.4. The third-order valence-corrected chi connectivity index (χ3v) is 14.4. The molecular weight excluding hydrogens is 869 g/mol. The highest BCUT2D eigenvalue weighted by Crippen LogP contribution is 2.47. The fraction of sp³-hybridized carbons (Fsp3) is 0.0156. The van der Waals surface area contributed by atoms with E-state index >= 15 is 0 Å². The van der Waals surface area contributed by atoms with E-state index in [0.29, 0.717) is 17.5 Å². The molecule has 0 amide bonds. The summed E-state index contributed by atoms with van der Waals surface area (Å²) in [4.78, 5) is 15.5. The van der Waals surface area contributed by atoms with Crippen LogP contribution in [0, 0.1) is 6.92 Å². The minimum Gasteiger partial charge on any atom is -0.455 e. The SMILES string of the molecule is Cc1cc(-n2c3ccc(-n4c5ccccc5c5ccccc54)cc3c3c4c5ccccc5n(-c5ccccc5)c4ccc32)c2c(oc3ccccc32)c1-c1nc(-c2ccccc2)nc(-c2ccccc2)n1. The monoisotopic (exact) mass is 908 g/mol. The number of para-hydroxylation sites is 5. The minimum absolute atomic E-state index is 0.555. The highest BCUT2D eigenvalue weighted by molar-refractivity contribution is 6.30. The molecule has 0 aliphatic rings. The van der Waals surface area contributed by atoms with Crippen molar-refractivity contribution in [2.24, 2.45) is 0 Å². The Labute approximate surface area is 406 Å². The molecule has 71 heavy (non-hydrogen) atoms. The van der Waals surface area contributed by atoms with Crippen molar-refractivity contribution < 1.29 is 4.42 Å². The van der Waals surface area contributed by atoms with Crippen LogP contribution < -0.4 is 0 Å². The number of aryl methyl sites for hydroxylation is 1. The maximum absolute atomic E-state index is 7.08. The Hall–Kier alpha value is -9.59. The average molecular weight is 909 g/mol. The molecular formula is C64H40N6O. The molecule has 0 fully saturated rings. The average Bonchev–Trinajstić information content (AvgIpc) is 4.18. The molecule has 0 atom stereocenters. The van der Waals surface area contributed by atoms with Gasteiger partial charge in [0.25, 0.3) is 0 Å². The van der Waals surface area contributed by atoms with Crippen molar-refractivity contribution in [1.29, 1.82) is 0 Å². The lowest BCUT2D eigenvalue weighted by Crippen LogP contribution is -2.03. The van der Waals surface area contributed by atoms with Gasteiger partial charge < -0.3 is 18.1 Å². The lowest BCUT2D eigenvalue weighted by atomic mass is 10.0. The van der Waals surface area contributed by atoms with Crippen molar-refractivity contribution in [2.45, 2.75) is 6.92 Å². The smallest absolute Gasteiger partial charge is 0.168 e. The van der Waals surface area contributed by atoms with E-state index in [2.05, 4.69) is 178 Å². The molecule has 5 heterocycles. The number of hydrogen-bond donors (Lipinski definition) is 0. The second kappa shape index (κ2) is 15.2. The quantitative estimate of drug-likeness (QED) is 0.167. The first kappa shape index (κ1) is 39.4. The standard InChI is InChI=1S/C64H40N6O/c1-39-37-55(60-47-28-14-18-32-56(47)71-61(60)57(39)64-66-62(40-19-5-2-6-20-40)65-63(67-64)41-21-7-3-8-22-41)70-52-34-33-43(69-49-29-15-11-25-44(49)45-26-12-16-30-50(45)69)38-48(52)59-54(70)36-35-53-58(59)46-27-13-17-31-51(46)68(53)42-23-9-4-10-24-42/h2-38H,1H3. The van der Waals surface area contributed by atoms with Gasteiger partial charge in [-0.1, -0.05) is 152 Å². The van der Waals surface area contributed by atoms with E-state index in [1.54, 1.807) is 0 Å². The second-order valence-corrected chi connectivity index (χ2v) is 18.4. The van der Waals surface area contributed by atoms with E-state index in [-0.39, 0.29) is 0 Å². The van der Waals surface area contributed by atoms with Gasteiger partial charge in [0.1, 0.15) is 11.2 Å². The summed E-state index contributed by atoms with van der Waals surface area (Å²) >= 11 is 0. The number of benzene rings is 10. The summed E-state index contributed by atoms with van der Waals surface area (Å²) in [5.74, 6) is 1.75. The van der Waals surface area contributed by atoms with Gasteiger partial charge in [-0.3, -0.25) is 0 Å². The first-order valence-electron chi connectivity index (χ1n) is 24.0. The van der Waals surface area contributed by atoms with Crippen LogP contribution in [0.15, 0.2) is 229 Å². The molecule has 15 rings (SSSR count). The maximum Gasteiger partial charge on any atom is 0.168 e. The normalized spacial score (nSPS) is 12.0. The minimum atomic E-state index is 0.555. The molecule has 0 saturated heterocycles. The summed E-state index contributed by atoms with van der Waals surface area (Å²) < 4.78 is 14.4. The van der Waals surface area contributed by atoms with Crippen molar-refractivity contribution in [2.75, 3.05) is 0 Å². The van der Waals surface area contributed by atoms with Gasteiger partial charge in [-0.05, 0) is 85.3 Å². The van der Waals surface area contributed by atoms with Crippen LogP contribution in [0.4, 0.5) is 0 Å². The number of nitrogens with zero attached hydrogens (tertiary/aromatic N) is 6. The molecule has 0 unspecified atom stereocenters. The molecule has 0 aliphatic carbocycles. The van der Waals surface area contributed by atoms with Crippen LogP contribution in [0.1, 0.15) is 5.56 Å². The van der Waals surface area contributed by atoms with Crippen LogP contribution in [0.25, 0.3) is 139 Å². The van der Waals surface area contributed by atoms with E-state index in [9.17, 15) is 0 Å². The molecule has 0 radical (unpaired) electrons. The van der Waals surface area contributed by atoms with Crippen LogP contribution in [-0.4, -0.2) is 28.7 Å². The second-order valence-electron chi connectivity index (χ2n) is 18.4. The zero-order valence-electron chi connectivity index (χ0n) is 38.5. The lowest BCUT2D eigenvalue weighted by molar-refractivity contribution is 0.669. The van der Waals surface area contributed by atoms with E-state index in [0.717, 1.165) is 88.7 Å². The largest absolute Gasteiger partial charge is 0.455 e. The van der Waals surface area contributed by atoms with E-state index in [4.69, 9.17) is 19.4 Å². The van der Waals surface area contributed by atoms with Gasteiger partial charge in [0.2, 0.25) is 0 Å². The van der Waals surface area contributed by atoms with Gasteiger partial charge in [-0.15, -0.1) is 0 Å². The Bertz CT molecular complexity index is 4530. The van der Waals surface area contributed by atoms with Crippen molar-refractivity contribution in [3.63, 3.8) is 0 Å². The number of fused-ring (bicyclic) bond motifs is 13. The van der Waals surface area contributed by atoms with Gasteiger partial charge >= 0.3 is 0 Å². The molecule has 0 N–H and O–H groups in total. The van der Waals surface area contributed by atoms with Gasteiger partial charge in [0.15, 0.2) is 17.5 Å². The summed E-state index contributed by atoms with van der Waals surface area (Å²) in [6.45, 7) is 2.15. The van der Waals surface area contributed by atoms with Crippen LogP contribution in [0.3, 0.4) is 0 Å². The molecule has 0 saturated carbocycles. The number of rotatable bonds is 6. The summed E-state index contributed by atoms with van der Waals surface area (Å²) in [7, 11) is 0. The van der Waals surface area contributed by atoms with E-state index in [1.807, 2.05) is 66.7 Å². The Kier molecular flexibility index (Phi) is 8.44. The first-order valence-corrected chi connectivity index (χ1v) is 24.0. The summed E-state index contributed by atoms with van der Waals surface area (Å²) in [5.41, 5.74) is 15.2. The Balaban J connectivity index is 1.07. The fourth-order valence-electron chi connectivity index (χ4n) is 11.4. The molecule has 7 nitrogen and oxygen atoms in total. The van der Waals surface area contributed by atoms with Crippen molar-refractivity contribution in [3.8, 4) is 51.2 Å². The predicted molar refractivity (Wildman–Crippen MR) is 291 cm³/mol. The zero-order valence-corrected chi connectivity index (χ0v) is 38.5. The highest BCUT2D eigenvalue weighted by atomic mass is 16.3. The molecule has 332 valence electrons. The molecule has 0 aliphatic heterocycles. The van der Waals surface area contributed by atoms with Gasteiger partial charge in [-0.2, -0.15) is 0 Å². The van der Waals surface area contributed by atoms with Crippen molar-refractivity contribution >= 4 is 87.4 Å². The summed E-state index contributed by atoms with van der Waals surface area (Å²) in [6, 6.07) is 79.6. The number of furan rings is 1. The molecule has 0 bridgehead atoms. The van der Waals surface area contributed by atoms with E-state index < -0.39 is 0 Å². The van der Waals surface area contributed by atoms with E-state index in [1.165, 1.54) is 38.0 Å². The van der Waals surface area contributed by atoms with Crippen LogP contribution in [0.5, 0.6) is 0 Å². The number of hydrogen-bond acceptors (Lipinski definition) is 4. The maximum atomic E-state index is 7.08. The highest BCUT2D eigenvalue weighted by Gasteiger charge is 2.27. The predicted octanol–water partition coefficient (Wildman–Crippen LogP) is 16.4.